The molecule has 10 nitrogen and oxygen atoms in total. The SMILES string of the molecule is CC(=O)N1CCC2(CC1)CN(c1nccc(-c3cc(-n4c(C)cc(OCc5ncc(F)cc5F)c(Cl)c4=O)c(C)cn3)n1)C2. The molecule has 4 aromatic heterocycles. The van der Waals surface area contributed by atoms with E-state index in [2.05, 4.69) is 19.9 Å². The van der Waals surface area contributed by atoms with Crippen molar-refractivity contribution in [1.29, 1.82) is 0 Å². The average molecular weight is 622 g/mol. The molecule has 13 heteroatoms. The molecule has 228 valence electrons. The average Bonchev–Trinajstić information content (AvgIpc) is 2.98. The maximum absolute atomic E-state index is 14.0. The maximum Gasteiger partial charge on any atom is 0.277 e. The Kier molecular flexibility index (Phi) is 7.79. The fraction of sp³-hybridized carbons (Fsp3) is 0.355. The van der Waals surface area contributed by atoms with Crippen molar-refractivity contribution >= 4 is 23.5 Å². The summed E-state index contributed by atoms with van der Waals surface area (Å²) in [5, 5.41) is -0.193. The van der Waals surface area contributed by atoms with E-state index < -0.39 is 17.2 Å². The molecule has 1 amide bonds. The van der Waals surface area contributed by atoms with Crippen molar-refractivity contribution in [1.82, 2.24) is 29.4 Å². The summed E-state index contributed by atoms with van der Waals surface area (Å²) in [6, 6.07) is 5.84. The van der Waals surface area contributed by atoms with E-state index in [0.717, 1.165) is 50.8 Å². The Morgan fingerprint density at radius 3 is 2.50 bits per heavy atom. The highest BCUT2D eigenvalue weighted by Crippen LogP contribution is 2.42. The highest BCUT2D eigenvalue weighted by atomic mass is 35.5. The van der Waals surface area contributed by atoms with E-state index in [0.29, 0.717) is 34.8 Å². The molecule has 0 unspecified atom stereocenters. The fourth-order valence-electron chi connectivity index (χ4n) is 5.84. The standard InChI is InChI=1S/C31H30ClF2N7O3/c1-18-13-36-24(23-4-7-35-30(38-23)40-16-31(17-40)5-8-39(9-6-31)20(3)42)12-26(18)41-19(2)10-27(28(32)29(41)43)44-15-25-22(34)11-21(33)14-37-25/h4,7,10-14H,5-6,8-9,15-17H2,1-3H3. The van der Waals surface area contributed by atoms with Gasteiger partial charge in [-0.3, -0.25) is 24.1 Å². The summed E-state index contributed by atoms with van der Waals surface area (Å²) in [5.41, 5.74) is 2.52. The van der Waals surface area contributed by atoms with Gasteiger partial charge in [-0.15, -0.1) is 0 Å². The van der Waals surface area contributed by atoms with E-state index in [1.807, 2.05) is 11.8 Å². The fourth-order valence-corrected chi connectivity index (χ4v) is 6.03. The molecule has 44 heavy (non-hydrogen) atoms. The van der Waals surface area contributed by atoms with Crippen LogP contribution in [0.1, 0.15) is 36.7 Å². The van der Waals surface area contributed by atoms with Crippen LogP contribution in [-0.4, -0.2) is 61.5 Å². The molecule has 0 atom stereocenters. The Morgan fingerprint density at radius 2 is 1.80 bits per heavy atom. The Morgan fingerprint density at radius 1 is 1.05 bits per heavy atom. The van der Waals surface area contributed by atoms with Crippen molar-refractivity contribution < 1.29 is 18.3 Å². The van der Waals surface area contributed by atoms with E-state index >= 15 is 0 Å². The van der Waals surface area contributed by atoms with Crippen molar-refractivity contribution in [3.8, 4) is 22.8 Å². The summed E-state index contributed by atoms with van der Waals surface area (Å²) in [6.07, 6.45) is 6.18. The number of amides is 1. The molecule has 0 saturated carbocycles. The van der Waals surface area contributed by atoms with Gasteiger partial charge in [0, 0.05) is 68.7 Å². The molecule has 2 fully saturated rings. The van der Waals surface area contributed by atoms with E-state index in [1.165, 1.54) is 4.57 Å². The van der Waals surface area contributed by atoms with Gasteiger partial charge in [-0.05, 0) is 44.4 Å². The van der Waals surface area contributed by atoms with E-state index in [-0.39, 0.29) is 34.4 Å². The Balaban J connectivity index is 1.22. The Hall–Kier alpha value is -4.45. The lowest BCUT2D eigenvalue weighted by atomic mass is 9.72. The van der Waals surface area contributed by atoms with Gasteiger partial charge in [0.1, 0.15) is 28.9 Å². The first-order valence-electron chi connectivity index (χ1n) is 14.2. The lowest BCUT2D eigenvalue weighted by molar-refractivity contribution is -0.131. The number of likely N-dealkylation sites (tertiary alicyclic amines) is 1. The zero-order valence-electron chi connectivity index (χ0n) is 24.5. The number of aryl methyl sites for hydroxylation is 2. The zero-order valence-corrected chi connectivity index (χ0v) is 25.2. The number of piperidine rings is 1. The number of hydrogen-bond acceptors (Lipinski definition) is 8. The highest BCUT2D eigenvalue weighted by molar-refractivity contribution is 6.31. The molecule has 0 aliphatic carbocycles. The number of hydrogen-bond donors (Lipinski definition) is 0. The minimum Gasteiger partial charge on any atom is -0.485 e. The van der Waals surface area contributed by atoms with Crippen molar-refractivity contribution in [2.24, 2.45) is 5.41 Å². The number of carbonyl (C=O) groups excluding carboxylic acids is 1. The summed E-state index contributed by atoms with van der Waals surface area (Å²) in [6.45, 7) is 8.06. The van der Waals surface area contributed by atoms with Crippen LogP contribution in [0.15, 0.2) is 47.7 Å². The second-order valence-electron chi connectivity index (χ2n) is 11.4. The normalized spacial score (nSPS) is 15.8. The molecule has 0 radical (unpaired) electrons. The quantitative estimate of drug-likeness (QED) is 0.306. The summed E-state index contributed by atoms with van der Waals surface area (Å²) in [7, 11) is 0. The maximum atomic E-state index is 14.0. The number of carbonyl (C=O) groups is 1. The van der Waals surface area contributed by atoms with Gasteiger partial charge in [0.25, 0.3) is 5.56 Å². The van der Waals surface area contributed by atoms with Crippen LogP contribution in [0.25, 0.3) is 17.1 Å². The van der Waals surface area contributed by atoms with E-state index in [1.54, 1.807) is 44.4 Å². The largest absolute Gasteiger partial charge is 0.485 e. The number of pyridine rings is 3. The van der Waals surface area contributed by atoms with Crippen LogP contribution in [0.4, 0.5) is 14.7 Å². The minimum absolute atomic E-state index is 0.0580. The van der Waals surface area contributed by atoms with Gasteiger partial charge in [0.2, 0.25) is 11.9 Å². The molecular formula is C31H30ClF2N7O3. The zero-order chi connectivity index (χ0) is 31.2. The number of halogens is 3. The van der Waals surface area contributed by atoms with Gasteiger partial charge in [0.05, 0.1) is 23.3 Å². The first kappa shape index (κ1) is 29.6. The molecular weight excluding hydrogens is 592 g/mol. The van der Waals surface area contributed by atoms with Gasteiger partial charge in [-0.2, -0.15) is 0 Å². The lowest BCUT2D eigenvalue weighted by Crippen LogP contribution is -2.61. The molecule has 0 aromatic carbocycles. The molecule has 0 N–H and O–H groups in total. The highest BCUT2D eigenvalue weighted by Gasteiger charge is 2.46. The van der Waals surface area contributed by atoms with Crippen LogP contribution < -0.4 is 15.2 Å². The van der Waals surface area contributed by atoms with Gasteiger partial charge >= 0.3 is 0 Å². The molecule has 2 aliphatic rings. The van der Waals surface area contributed by atoms with Gasteiger partial charge in [0.15, 0.2) is 5.82 Å². The summed E-state index contributed by atoms with van der Waals surface area (Å²) < 4.78 is 34.3. The number of rotatable bonds is 6. The van der Waals surface area contributed by atoms with Crippen LogP contribution in [0.2, 0.25) is 5.02 Å². The number of aromatic nitrogens is 5. The number of ether oxygens (including phenoxy) is 1. The summed E-state index contributed by atoms with van der Waals surface area (Å²) in [4.78, 5) is 46.8. The number of anilines is 1. The van der Waals surface area contributed by atoms with Crippen molar-refractivity contribution in [2.75, 3.05) is 31.1 Å². The molecule has 2 aliphatic heterocycles. The van der Waals surface area contributed by atoms with Crippen LogP contribution in [-0.2, 0) is 11.4 Å². The lowest BCUT2D eigenvalue weighted by Gasteiger charge is -2.53. The van der Waals surface area contributed by atoms with Gasteiger partial charge in [-0.1, -0.05) is 11.6 Å². The monoisotopic (exact) mass is 621 g/mol. The first-order chi connectivity index (χ1) is 21.0. The second kappa shape index (κ2) is 11.6. The van der Waals surface area contributed by atoms with E-state index in [4.69, 9.17) is 21.3 Å². The van der Waals surface area contributed by atoms with Crippen molar-refractivity contribution in [3.63, 3.8) is 0 Å². The molecule has 0 bridgehead atoms. The van der Waals surface area contributed by atoms with Crippen molar-refractivity contribution in [3.05, 3.63) is 86.8 Å². The van der Waals surface area contributed by atoms with E-state index in [9.17, 15) is 18.4 Å². The van der Waals surface area contributed by atoms with Crippen LogP contribution in [0.3, 0.4) is 0 Å². The van der Waals surface area contributed by atoms with Crippen LogP contribution in [0.5, 0.6) is 5.75 Å². The summed E-state index contributed by atoms with van der Waals surface area (Å²) >= 11 is 6.43. The Labute approximate surface area is 257 Å². The summed E-state index contributed by atoms with van der Waals surface area (Å²) in [5.74, 6) is -0.872. The third kappa shape index (κ3) is 5.61. The Bertz CT molecular complexity index is 1820. The first-order valence-corrected chi connectivity index (χ1v) is 14.6. The second-order valence-corrected chi connectivity index (χ2v) is 11.8. The predicted octanol–water partition coefficient (Wildman–Crippen LogP) is 4.66. The molecule has 2 saturated heterocycles. The minimum atomic E-state index is -0.859. The van der Waals surface area contributed by atoms with Crippen LogP contribution in [0, 0.1) is 30.9 Å². The van der Waals surface area contributed by atoms with Gasteiger partial charge in [-0.25, -0.2) is 18.7 Å². The third-order valence-electron chi connectivity index (χ3n) is 8.37. The molecule has 4 aromatic rings. The topological polar surface area (TPSA) is 106 Å². The molecule has 6 heterocycles. The van der Waals surface area contributed by atoms with Gasteiger partial charge < -0.3 is 14.5 Å². The van der Waals surface area contributed by atoms with Crippen LogP contribution >= 0.6 is 11.6 Å². The molecule has 6 rings (SSSR count). The smallest absolute Gasteiger partial charge is 0.277 e. The van der Waals surface area contributed by atoms with Crippen molar-refractivity contribution in [2.45, 2.75) is 40.2 Å². The number of nitrogens with zero attached hydrogens (tertiary/aromatic N) is 7. The predicted molar refractivity (Wildman–Crippen MR) is 160 cm³/mol. The molecule has 1 spiro atoms. The third-order valence-corrected chi connectivity index (χ3v) is 8.72.